The molecule has 0 aliphatic rings. The molecule has 0 fully saturated rings. The third-order valence-corrected chi connectivity index (χ3v) is 3.18. The fraction of sp³-hybridized carbons (Fsp3) is 0.333. The molecule has 2 rings (SSSR count). The lowest BCUT2D eigenvalue weighted by Crippen LogP contribution is -2.23. The van der Waals surface area contributed by atoms with E-state index in [2.05, 4.69) is 60.3 Å². The van der Waals surface area contributed by atoms with Gasteiger partial charge in [0.1, 0.15) is 0 Å². The highest BCUT2D eigenvalue weighted by Crippen LogP contribution is 2.20. The topological polar surface area (TPSA) is 37.8 Å². The standard InChI is InChI=1S/C15H19N3/c1-11-6-4-5-7-14(11)12(2)18-13(3)15-10-16-8-9-17-15/h4-10,12-13,18H,1-3H3/t12-,13?/m1/s1. The zero-order valence-corrected chi connectivity index (χ0v) is 11.1. The molecule has 0 aliphatic carbocycles. The van der Waals surface area contributed by atoms with Gasteiger partial charge in [-0.05, 0) is 31.9 Å². The molecule has 1 N–H and O–H groups in total. The first-order chi connectivity index (χ1) is 8.68. The number of rotatable bonds is 4. The van der Waals surface area contributed by atoms with Gasteiger partial charge in [0.25, 0.3) is 0 Å². The highest BCUT2D eigenvalue weighted by atomic mass is 15.0. The van der Waals surface area contributed by atoms with E-state index in [1.807, 2.05) is 6.20 Å². The van der Waals surface area contributed by atoms with Gasteiger partial charge in [-0.3, -0.25) is 9.97 Å². The Morgan fingerprint density at radius 1 is 1.06 bits per heavy atom. The fourth-order valence-corrected chi connectivity index (χ4v) is 2.16. The van der Waals surface area contributed by atoms with Gasteiger partial charge in [0.2, 0.25) is 0 Å². The van der Waals surface area contributed by atoms with Crippen LogP contribution in [-0.2, 0) is 0 Å². The van der Waals surface area contributed by atoms with Crippen LogP contribution in [0.4, 0.5) is 0 Å². The predicted octanol–water partition coefficient (Wildman–Crippen LogP) is 3.20. The van der Waals surface area contributed by atoms with Crippen LogP contribution in [0.15, 0.2) is 42.9 Å². The van der Waals surface area contributed by atoms with E-state index >= 15 is 0 Å². The van der Waals surface area contributed by atoms with Crippen LogP contribution < -0.4 is 5.32 Å². The molecule has 3 heteroatoms. The Hall–Kier alpha value is -1.74. The highest BCUT2D eigenvalue weighted by Gasteiger charge is 2.13. The second-order valence-corrected chi connectivity index (χ2v) is 4.60. The van der Waals surface area contributed by atoms with Crippen LogP contribution in [0.1, 0.15) is 42.8 Å². The van der Waals surface area contributed by atoms with Crippen LogP contribution in [0.25, 0.3) is 0 Å². The van der Waals surface area contributed by atoms with E-state index in [1.165, 1.54) is 11.1 Å². The van der Waals surface area contributed by atoms with E-state index in [-0.39, 0.29) is 6.04 Å². The van der Waals surface area contributed by atoms with Crippen LogP contribution in [0, 0.1) is 6.92 Å². The quantitative estimate of drug-likeness (QED) is 0.893. The summed E-state index contributed by atoms with van der Waals surface area (Å²) in [6.45, 7) is 6.43. The summed E-state index contributed by atoms with van der Waals surface area (Å²) in [7, 11) is 0. The molecule has 0 radical (unpaired) electrons. The van der Waals surface area contributed by atoms with E-state index in [9.17, 15) is 0 Å². The zero-order valence-electron chi connectivity index (χ0n) is 11.1. The van der Waals surface area contributed by atoms with Crippen LogP contribution in [-0.4, -0.2) is 9.97 Å². The van der Waals surface area contributed by atoms with Crippen molar-refractivity contribution in [1.29, 1.82) is 0 Å². The van der Waals surface area contributed by atoms with Crippen molar-refractivity contribution in [3.8, 4) is 0 Å². The molecular weight excluding hydrogens is 222 g/mol. The molecule has 94 valence electrons. The average Bonchev–Trinajstić information content (AvgIpc) is 2.40. The van der Waals surface area contributed by atoms with Gasteiger partial charge in [-0.25, -0.2) is 0 Å². The van der Waals surface area contributed by atoms with Gasteiger partial charge in [-0.1, -0.05) is 24.3 Å². The summed E-state index contributed by atoms with van der Waals surface area (Å²) in [4.78, 5) is 8.42. The Kier molecular flexibility index (Phi) is 4.05. The van der Waals surface area contributed by atoms with Gasteiger partial charge < -0.3 is 5.32 Å². The summed E-state index contributed by atoms with van der Waals surface area (Å²) >= 11 is 0. The number of hydrogen-bond donors (Lipinski definition) is 1. The van der Waals surface area contributed by atoms with Gasteiger partial charge in [0.15, 0.2) is 0 Å². The summed E-state index contributed by atoms with van der Waals surface area (Å²) < 4.78 is 0. The molecule has 1 aromatic carbocycles. The Morgan fingerprint density at radius 2 is 1.83 bits per heavy atom. The average molecular weight is 241 g/mol. The molecule has 1 aromatic heterocycles. The SMILES string of the molecule is Cc1ccccc1[C@@H](C)NC(C)c1cnccn1. The van der Waals surface area contributed by atoms with Gasteiger partial charge in [-0.2, -0.15) is 0 Å². The van der Waals surface area contributed by atoms with Gasteiger partial charge in [0.05, 0.1) is 5.69 Å². The minimum atomic E-state index is 0.188. The molecule has 0 saturated carbocycles. The maximum atomic E-state index is 4.32. The summed E-state index contributed by atoms with van der Waals surface area (Å²) in [6.07, 6.45) is 5.23. The van der Waals surface area contributed by atoms with Gasteiger partial charge in [0, 0.05) is 30.7 Å². The number of nitrogens with one attached hydrogen (secondary N) is 1. The Labute approximate surface area is 108 Å². The third kappa shape index (κ3) is 2.93. The smallest absolute Gasteiger partial charge is 0.0753 e. The first-order valence-corrected chi connectivity index (χ1v) is 6.26. The van der Waals surface area contributed by atoms with Crippen molar-refractivity contribution in [2.45, 2.75) is 32.9 Å². The lowest BCUT2D eigenvalue weighted by molar-refractivity contribution is 0.483. The van der Waals surface area contributed by atoms with Crippen LogP contribution in [0.3, 0.4) is 0 Å². The molecule has 18 heavy (non-hydrogen) atoms. The van der Waals surface area contributed by atoms with E-state index in [0.29, 0.717) is 6.04 Å². The molecule has 0 amide bonds. The Balaban J connectivity index is 2.08. The van der Waals surface area contributed by atoms with Crippen molar-refractivity contribution in [3.63, 3.8) is 0 Å². The number of benzene rings is 1. The molecule has 1 unspecified atom stereocenters. The van der Waals surface area contributed by atoms with Crippen molar-refractivity contribution >= 4 is 0 Å². The Bertz CT molecular complexity index is 496. The maximum absolute atomic E-state index is 4.32. The van der Waals surface area contributed by atoms with E-state index < -0.39 is 0 Å². The number of hydrogen-bond acceptors (Lipinski definition) is 3. The number of aryl methyl sites for hydroxylation is 1. The second-order valence-electron chi connectivity index (χ2n) is 4.60. The number of nitrogens with zero attached hydrogens (tertiary/aromatic N) is 2. The molecular formula is C15H19N3. The van der Waals surface area contributed by atoms with Crippen LogP contribution in [0.2, 0.25) is 0 Å². The zero-order chi connectivity index (χ0) is 13.0. The molecule has 2 atom stereocenters. The molecule has 0 bridgehead atoms. The molecule has 0 aliphatic heterocycles. The lowest BCUT2D eigenvalue weighted by atomic mass is 10.0. The van der Waals surface area contributed by atoms with Crippen LogP contribution >= 0.6 is 0 Å². The van der Waals surface area contributed by atoms with Crippen molar-refractivity contribution < 1.29 is 0 Å². The largest absolute Gasteiger partial charge is 0.302 e. The summed E-state index contributed by atoms with van der Waals surface area (Å²) in [5.41, 5.74) is 3.61. The van der Waals surface area contributed by atoms with Gasteiger partial charge in [-0.15, -0.1) is 0 Å². The monoisotopic (exact) mass is 241 g/mol. The minimum absolute atomic E-state index is 0.188. The summed E-state index contributed by atoms with van der Waals surface area (Å²) in [6, 6.07) is 8.93. The van der Waals surface area contributed by atoms with Crippen LogP contribution in [0.5, 0.6) is 0 Å². The molecule has 3 nitrogen and oxygen atoms in total. The van der Waals surface area contributed by atoms with Crippen molar-refractivity contribution in [2.75, 3.05) is 0 Å². The van der Waals surface area contributed by atoms with E-state index in [1.54, 1.807) is 12.4 Å². The summed E-state index contributed by atoms with van der Waals surface area (Å²) in [5, 5.41) is 3.55. The first-order valence-electron chi connectivity index (χ1n) is 6.26. The lowest BCUT2D eigenvalue weighted by Gasteiger charge is -2.21. The van der Waals surface area contributed by atoms with Crippen molar-refractivity contribution in [2.24, 2.45) is 0 Å². The van der Waals surface area contributed by atoms with E-state index in [4.69, 9.17) is 0 Å². The number of aromatic nitrogens is 2. The predicted molar refractivity (Wildman–Crippen MR) is 73.2 cm³/mol. The van der Waals surface area contributed by atoms with Crippen molar-refractivity contribution in [3.05, 3.63) is 59.7 Å². The summed E-state index contributed by atoms with van der Waals surface area (Å²) in [5.74, 6) is 0. The molecule has 0 spiro atoms. The maximum Gasteiger partial charge on any atom is 0.0753 e. The second kappa shape index (κ2) is 5.74. The highest BCUT2D eigenvalue weighted by molar-refractivity contribution is 5.28. The Morgan fingerprint density at radius 3 is 2.50 bits per heavy atom. The van der Waals surface area contributed by atoms with Gasteiger partial charge >= 0.3 is 0 Å². The third-order valence-electron chi connectivity index (χ3n) is 3.18. The molecule has 2 aromatic rings. The van der Waals surface area contributed by atoms with E-state index in [0.717, 1.165) is 5.69 Å². The fourth-order valence-electron chi connectivity index (χ4n) is 2.16. The molecule has 1 heterocycles. The van der Waals surface area contributed by atoms with Crippen molar-refractivity contribution in [1.82, 2.24) is 15.3 Å². The minimum Gasteiger partial charge on any atom is -0.302 e. The first kappa shape index (κ1) is 12.7. The normalized spacial score (nSPS) is 14.2. The molecule has 0 saturated heterocycles.